The summed E-state index contributed by atoms with van der Waals surface area (Å²) in [6.45, 7) is 32.8. The van der Waals surface area contributed by atoms with Crippen LogP contribution in [0.5, 0.6) is 0 Å². The van der Waals surface area contributed by atoms with E-state index in [0.29, 0.717) is 5.56 Å². The summed E-state index contributed by atoms with van der Waals surface area (Å²) in [6, 6.07) is 50.0. The Morgan fingerprint density at radius 1 is 0.426 bits per heavy atom. The molecule has 0 bridgehead atoms. The molecule has 0 fully saturated rings. The number of nitriles is 1. The van der Waals surface area contributed by atoms with E-state index < -0.39 is 0 Å². The van der Waals surface area contributed by atoms with Gasteiger partial charge in [0.25, 0.3) is 0 Å². The molecule has 0 aliphatic heterocycles. The van der Waals surface area contributed by atoms with Gasteiger partial charge >= 0.3 is 0 Å². The summed E-state index contributed by atoms with van der Waals surface area (Å²) < 4.78 is 0. The van der Waals surface area contributed by atoms with Crippen LogP contribution in [0.4, 0.5) is 0 Å². The first-order valence-corrected chi connectivity index (χ1v) is 24.9. The zero-order valence-corrected chi connectivity index (χ0v) is 42.8. The van der Waals surface area contributed by atoms with Crippen LogP contribution in [0.25, 0.3) is 88.7 Å². The maximum atomic E-state index is 9.97. The van der Waals surface area contributed by atoms with Crippen molar-refractivity contribution in [2.24, 2.45) is 0 Å². The minimum absolute atomic E-state index is 0.0590. The Hall–Kier alpha value is -6.49. The highest BCUT2D eigenvalue weighted by Crippen LogP contribution is 2.64. The van der Waals surface area contributed by atoms with Gasteiger partial charge in [-0.2, -0.15) is 5.26 Å². The van der Waals surface area contributed by atoms with E-state index >= 15 is 0 Å². The molecule has 1 heteroatoms. The summed E-state index contributed by atoms with van der Waals surface area (Å²) in [4.78, 5) is 0. The molecule has 0 saturated heterocycles. The fraction of sp³-hybridized carbons (Fsp3) is 0.299. The molecule has 68 heavy (non-hydrogen) atoms. The third kappa shape index (κ3) is 6.61. The van der Waals surface area contributed by atoms with Gasteiger partial charge in [0.05, 0.1) is 11.6 Å². The fourth-order valence-electron chi connectivity index (χ4n) is 12.2. The second-order valence-corrected chi connectivity index (χ2v) is 24.5. The van der Waals surface area contributed by atoms with Gasteiger partial charge in [0.1, 0.15) is 0 Å². The van der Waals surface area contributed by atoms with Crippen molar-refractivity contribution in [2.45, 2.75) is 131 Å². The third-order valence-electron chi connectivity index (χ3n) is 15.8. The standard InChI is InChI=1S/C67H65N/c1-37-27-39(36-68)28-38(2)56(37)50-25-26-53-59-49(50)22-18-24-52(59)62-57(40-29-42(64(3,4)5)33-43(30-40)65(6,7)8)55-35-54-47-20-16-15-19-46(47)48-21-17-23-51(60(48)54)61(55)58(63(53)62)41-31-44(66(9,10)11)34-45(32-41)67(12,13)14/h15-34,54H,35H2,1-14H3. The number of aryl methyl sites for hydroxylation is 2. The second kappa shape index (κ2) is 14.8. The van der Waals surface area contributed by atoms with Gasteiger partial charge < -0.3 is 0 Å². The first-order valence-electron chi connectivity index (χ1n) is 24.9. The van der Waals surface area contributed by atoms with Gasteiger partial charge in [0.2, 0.25) is 0 Å². The maximum Gasteiger partial charge on any atom is 0.0991 e. The SMILES string of the molecule is Cc1cc(C#N)cc(C)c1-c1ccc2c3c(cccc13)-c1c(-c3cc(C(C)(C)C)cc(C(C)(C)C)c3)c3c(c(-c4cc(C(C)(C)C)cc(C(C)(C)C)c4)c1-2)-c1cccc2c1C(C3)c1ccccc1-2. The lowest BCUT2D eigenvalue weighted by Crippen LogP contribution is -2.18. The molecule has 0 N–H and O–H groups in total. The highest BCUT2D eigenvalue weighted by Gasteiger charge is 2.42. The van der Waals surface area contributed by atoms with Crippen molar-refractivity contribution in [3.05, 3.63) is 177 Å². The molecule has 1 atom stereocenters. The molecule has 0 heterocycles. The largest absolute Gasteiger partial charge is 0.192 e. The summed E-state index contributed by atoms with van der Waals surface area (Å²) >= 11 is 0. The molecule has 3 aliphatic rings. The van der Waals surface area contributed by atoms with Gasteiger partial charge in [0, 0.05) is 5.92 Å². The molecular weight excluding hydrogens is 819 g/mol. The van der Waals surface area contributed by atoms with Crippen molar-refractivity contribution < 1.29 is 0 Å². The number of hydrogen-bond acceptors (Lipinski definition) is 1. The van der Waals surface area contributed by atoms with Crippen LogP contribution in [0, 0.1) is 25.2 Å². The average Bonchev–Trinajstić information content (AvgIpc) is 3.78. The van der Waals surface area contributed by atoms with Crippen LogP contribution >= 0.6 is 0 Å². The van der Waals surface area contributed by atoms with Crippen LogP contribution in [-0.4, -0.2) is 0 Å². The smallest absolute Gasteiger partial charge is 0.0991 e. The molecular formula is C67H65N. The first-order chi connectivity index (χ1) is 32.0. The number of rotatable bonds is 3. The minimum atomic E-state index is -0.0641. The van der Waals surface area contributed by atoms with E-state index in [1.807, 2.05) is 0 Å². The molecule has 0 amide bonds. The lowest BCUT2D eigenvalue weighted by atomic mass is 9.69. The number of fused-ring (bicyclic) bond motifs is 8. The zero-order valence-electron chi connectivity index (χ0n) is 42.8. The normalized spacial score (nSPS) is 14.7. The van der Waals surface area contributed by atoms with Crippen LogP contribution in [0.3, 0.4) is 0 Å². The van der Waals surface area contributed by atoms with Crippen molar-refractivity contribution in [3.8, 4) is 84.0 Å². The van der Waals surface area contributed by atoms with E-state index in [1.165, 1.54) is 128 Å². The lowest BCUT2D eigenvalue weighted by Gasteiger charge is -2.34. The van der Waals surface area contributed by atoms with E-state index in [4.69, 9.17) is 0 Å². The van der Waals surface area contributed by atoms with E-state index in [9.17, 15) is 5.26 Å². The highest BCUT2D eigenvalue weighted by molar-refractivity contribution is 6.26. The van der Waals surface area contributed by atoms with E-state index in [0.717, 1.165) is 17.5 Å². The van der Waals surface area contributed by atoms with Crippen LogP contribution in [0.15, 0.2) is 121 Å². The molecule has 0 radical (unpaired) electrons. The Bertz CT molecular complexity index is 3450. The predicted octanol–water partition coefficient (Wildman–Crippen LogP) is 18.5. The molecule has 8 aromatic rings. The topological polar surface area (TPSA) is 23.8 Å². The third-order valence-corrected chi connectivity index (χ3v) is 15.8. The molecule has 338 valence electrons. The van der Waals surface area contributed by atoms with Crippen molar-refractivity contribution in [1.82, 2.24) is 0 Å². The predicted molar refractivity (Wildman–Crippen MR) is 290 cm³/mol. The summed E-state index contributed by atoms with van der Waals surface area (Å²) in [5, 5.41) is 12.6. The zero-order chi connectivity index (χ0) is 48.1. The fourth-order valence-corrected chi connectivity index (χ4v) is 12.2. The van der Waals surface area contributed by atoms with E-state index in [-0.39, 0.29) is 27.6 Å². The minimum Gasteiger partial charge on any atom is -0.192 e. The van der Waals surface area contributed by atoms with E-state index in [2.05, 4.69) is 224 Å². The first kappa shape index (κ1) is 44.0. The number of nitrogens with zero attached hydrogens (tertiary/aromatic N) is 1. The van der Waals surface area contributed by atoms with Gasteiger partial charge in [-0.25, -0.2) is 0 Å². The quantitative estimate of drug-likeness (QED) is 0.173. The van der Waals surface area contributed by atoms with Crippen LogP contribution < -0.4 is 0 Å². The Labute approximate surface area is 405 Å². The van der Waals surface area contributed by atoms with Crippen molar-refractivity contribution in [3.63, 3.8) is 0 Å². The average molecular weight is 884 g/mol. The van der Waals surface area contributed by atoms with Gasteiger partial charge in [-0.1, -0.05) is 192 Å². The van der Waals surface area contributed by atoms with Gasteiger partial charge in [-0.15, -0.1) is 0 Å². The Balaban J connectivity index is 1.37. The number of hydrogen-bond donors (Lipinski definition) is 0. The summed E-state index contributed by atoms with van der Waals surface area (Å²) in [5.41, 5.74) is 31.2. The Morgan fingerprint density at radius 2 is 0.897 bits per heavy atom. The van der Waals surface area contributed by atoms with Crippen molar-refractivity contribution >= 4 is 10.8 Å². The molecule has 11 rings (SSSR count). The molecule has 1 unspecified atom stereocenters. The Kier molecular flexibility index (Phi) is 9.56. The molecule has 0 aromatic heterocycles. The van der Waals surface area contributed by atoms with Gasteiger partial charge in [-0.05, 0) is 193 Å². The number of benzene rings is 8. The molecule has 0 spiro atoms. The van der Waals surface area contributed by atoms with Gasteiger partial charge in [-0.3, -0.25) is 0 Å². The van der Waals surface area contributed by atoms with Crippen LogP contribution in [0.2, 0.25) is 0 Å². The molecule has 1 nitrogen and oxygen atoms in total. The second-order valence-electron chi connectivity index (χ2n) is 24.5. The van der Waals surface area contributed by atoms with Gasteiger partial charge in [0.15, 0.2) is 0 Å². The summed E-state index contributed by atoms with van der Waals surface area (Å²) in [5.74, 6) is 0.252. The Morgan fingerprint density at radius 3 is 1.47 bits per heavy atom. The molecule has 3 aliphatic carbocycles. The molecule has 8 aromatic carbocycles. The van der Waals surface area contributed by atoms with Crippen molar-refractivity contribution in [2.75, 3.05) is 0 Å². The lowest BCUT2D eigenvalue weighted by molar-refractivity contribution is 0.568. The van der Waals surface area contributed by atoms with Crippen LogP contribution in [-0.2, 0) is 28.1 Å². The van der Waals surface area contributed by atoms with Crippen molar-refractivity contribution in [1.29, 1.82) is 5.26 Å². The maximum absolute atomic E-state index is 9.97. The highest BCUT2D eigenvalue weighted by atomic mass is 14.4. The summed E-state index contributed by atoms with van der Waals surface area (Å²) in [6.07, 6.45) is 0.920. The van der Waals surface area contributed by atoms with Crippen LogP contribution in [0.1, 0.15) is 145 Å². The van der Waals surface area contributed by atoms with E-state index in [1.54, 1.807) is 0 Å². The monoisotopic (exact) mass is 884 g/mol. The summed E-state index contributed by atoms with van der Waals surface area (Å²) in [7, 11) is 0. The molecule has 0 saturated carbocycles.